The quantitative estimate of drug-likeness (QED) is 0.888. The van der Waals surface area contributed by atoms with Gasteiger partial charge < -0.3 is 5.32 Å². The van der Waals surface area contributed by atoms with Crippen LogP contribution in [-0.4, -0.2) is 11.5 Å². The predicted octanol–water partition coefficient (Wildman–Crippen LogP) is 4.27. The lowest BCUT2D eigenvalue weighted by Crippen LogP contribution is -2.12. The fourth-order valence-electron chi connectivity index (χ4n) is 2.17. The first-order valence-electron chi connectivity index (χ1n) is 7.02. The van der Waals surface area contributed by atoms with Crippen molar-refractivity contribution in [3.8, 4) is 0 Å². The number of pyridine rings is 1. The average molecular weight is 286 g/mol. The molecule has 0 saturated heterocycles. The molecule has 0 spiro atoms. The van der Waals surface area contributed by atoms with Gasteiger partial charge in [-0.3, -0.25) is 0 Å². The Morgan fingerprint density at radius 2 is 1.90 bits per heavy atom. The fourth-order valence-corrected chi connectivity index (χ4v) is 3.21. The summed E-state index contributed by atoms with van der Waals surface area (Å²) in [5.41, 5.74) is 5.04. The van der Waals surface area contributed by atoms with Gasteiger partial charge in [0, 0.05) is 17.1 Å². The molecular formula is C17H22N2S. The van der Waals surface area contributed by atoms with Crippen LogP contribution in [0.1, 0.15) is 29.3 Å². The highest BCUT2D eigenvalue weighted by Crippen LogP contribution is 2.28. The van der Waals surface area contributed by atoms with Crippen LogP contribution in [0.3, 0.4) is 0 Å². The van der Waals surface area contributed by atoms with E-state index >= 15 is 0 Å². The molecule has 0 atom stereocenters. The smallest absolute Gasteiger partial charge is 0.101 e. The van der Waals surface area contributed by atoms with Crippen LogP contribution >= 0.6 is 11.8 Å². The van der Waals surface area contributed by atoms with Gasteiger partial charge in [0.05, 0.1) is 0 Å². The van der Waals surface area contributed by atoms with Crippen molar-refractivity contribution in [1.29, 1.82) is 0 Å². The molecule has 0 amide bonds. The monoisotopic (exact) mass is 286 g/mol. The second kappa shape index (κ2) is 6.91. The van der Waals surface area contributed by atoms with E-state index in [0.29, 0.717) is 0 Å². The molecule has 1 N–H and O–H groups in total. The maximum Gasteiger partial charge on any atom is 0.101 e. The maximum atomic E-state index is 4.58. The summed E-state index contributed by atoms with van der Waals surface area (Å²) in [5, 5.41) is 4.44. The second-order valence-electron chi connectivity index (χ2n) is 5.09. The molecule has 0 aliphatic rings. The summed E-state index contributed by atoms with van der Waals surface area (Å²) < 4.78 is 0. The second-order valence-corrected chi connectivity index (χ2v) is 6.19. The van der Waals surface area contributed by atoms with E-state index in [9.17, 15) is 0 Å². The van der Waals surface area contributed by atoms with Crippen LogP contribution in [0.5, 0.6) is 0 Å². The van der Waals surface area contributed by atoms with Crippen molar-refractivity contribution in [2.75, 3.05) is 6.54 Å². The van der Waals surface area contributed by atoms with E-state index in [1.165, 1.54) is 21.6 Å². The van der Waals surface area contributed by atoms with Crippen LogP contribution in [0.15, 0.2) is 40.3 Å². The molecule has 1 heterocycles. The van der Waals surface area contributed by atoms with Gasteiger partial charge in [0.15, 0.2) is 0 Å². The molecule has 2 aromatic rings. The molecule has 0 saturated carbocycles. The Balaban J connectivity index is 2.15. The number of hydrogen-bond donors (Lipinski definition) is 1. The number of hydrogen-bond acceptors (Lipinski definition) is 3. The van der Waals surface area contributed by atoms with E-state index in [1.807, 2.05) is 6.92 Å². The van der Waals surface area contributed by atoms with Gasteiger partial charge in [-0.2, -0.15) is 0 Å². The van der Waals surface area contributed by atoms with Crippen molar-refractivity contribution in [1.82, 2.24) is 10.3 Å². The molecule has 0 fully saturated rings. The molecular weight excluding hydrogens is 264 g/mol. The Hall–Kier alpha value is -1.32. The average Bonchev–Trinajstić information content (AvgIpc) is 2.36. The zero-order chi connectivity index (χ0) is 14.5. The predicted molar refractivity (Wildman–Crippen MR) is 86.4 cm³/mol. The SMILES string of the molecule is CCNCc1ccc(Sc2cc(C)cc(C)n2)cc1C. The van der Waals surface area contributed by atoms with Crippen LogP contribution in [0.4, 0.5) is 0 Å². The first kappa shape index (κ1) is 15.1. The molecule has 3 heteroatoms. The molecule has 0 unspecified atom stereocenters. The van der Waals surface area contributed by atoms with Crippen LogP contribution in [0.2, 0.25) is 0 Å². The minimum Gasteiger partial charge on any atom is -0.313 e. The number of nitrogens with one attached hydrogen (secondary N) is 1. The standard InChI is InChI=1S/C17H22N2S/c1-5-18-11-15-6-7-16(10-13(15)3)20-17-9-12(2)8-14(4)19-17/h6-10,18H,5,11H2,1-4H3. The largest absolute Gasteiger partial charge is 0.313 e. The van der Waals surface area contributed by atoms with Gasteiger partial charge in [0.25, 0.3) is 0 Å². The van der Waals surface area contributed by atoms with Gasteiger partial charge in [-0.15, -0.1) is 0 Å². The zero-order valence-electron chi connectivity index (χ0n) is 12.7. The van der Waals surface area contributed by atoms with E-state index in [4.69, 9.17) is 0 Å². The number of aryl methyl sites for hydroxylation is 3. The summed E-state index contributed by atoms with van der Waals surface area (Å²) >= 11 is 1.73. The summed E-state index contributed by atoms with van der Waals surface area (Å²) in [6, 6.07) is 10.9. The Labute approximate surface area is 126 Å². The summed E-state index contributed by atoms with van der Waals surface area (Å²) in [4.78, 5) is 5.83. The number of nitrogens with zero attached hydrogens (tertiary/aromatic N) is 1. The number of benzene rings is 1. The molecule has 0 bridgehead atoms. The van der Waals surface area contributed by atoms with Gasteiger partial charge in [-0.05, 0) is 68.3 Å². The first-order chi connectivity index (χ1) is 9.58. The third-order valence-electron chi connectivity index (χ3n) is 3.18. The normalized spacial score (nSPS) is 10.8. The van der Waals surface area contributed by atoms with Gasteiger partial charge in [-0.25, -0.2) is 4.98 Å². The molecule has 2 rings (SSSR count). The third-order valence-corrected chi connectivity index (χ3v) is 4.08. The van der Waals surface area contributed by atoms with Gasteiger partial charge >= 0.3 is 0 Å². The Morgan fingerprint density at radius 3 is 2.55 bits per heavy atom. The van der Waals surface area contributed by atoms with Crippen molar-refractivity contribution in [3.63, 3.8) is 0 Å². The van der Waals surface area contributed by atoms with E-state index in [-0.39, 0.29) is 0 Å². The summed E-state index contributed by atoms with van der Waals surface area (Å²) in [5.74, 6) is 0. The van der Waals surface area contributed by atoms with Crippen molar-refractivity contribution >= 4 is 11.8 Å². The Kier molecular flexibility index (Phi) is 5.21. The molecule has 2 nitrogen and oxygen atoms in total. The van der Waals surface area contributed by atoms with E-state index < -0.39 is 0 Å². The van der Waals surface area contributed by atoms with E-state index in [0.717, 1.165) is 23.8 Å². The Morgan fingerprint density at radius 1 is 1.10 bits per heavy atom. The zero-order valence-corrected chi connectivity index (χ0v) is 13.5. The molecule has 20 heavy (non-hydrogen) atoms. The molecule has 1 aromatic carbocycles. The first-order valence-corrected chi connectivity index (χ1v) is 7.83. The highest BCUT2D eigenvalue weighted by atomic mass is 32.2. The van der Waals surface area contributed by atoms with Crippen LogP contribution in [-0.2, 0) is 6.54 Å². The highest BCUT2D eigenvalue weighted by molar-refractivity contribution is 7.99. The molecule has 0 aliphatic carbocycles. The van der Waals surface area contributed by atoms with Crippen LogP contribution in [0.25, 0.3) is 0 Å². The lowest BCUT2D eigenvalue weighted by Gasteiger charge is -2.09. The van der Waals surface area contributed by atoms with Crippen molar-refractivity contribution in [3.05, 3.63) is 52.7 Å². The van der Waals surface area contributed by atoms with Crippen molar-refractivity contribution in [2.24, 2.45) is 0 Å². The third kappa shape index (κ3) is 4.09. The van der Waals surface area contributed by atoms with Crippen LogP contribution in [0, 0.1) is 20.8 Å². The molecule has 1 aromatic heterocycles. The van der Waals surface area contributed by atoms with Gasteiger partial charge in [-0.1, -0.05) is 24.8 Å². The molecule has 106 valence electrons. The van der Waals surface area contributed by atoms with Crippen molar-refractivity contribution in [2.45, 2.75) is 44.2 Å². The van der Waals surface area contributed by atoms with E-state index in [2.05, 4.69) is 61.4 Å². The van der Waals surface area contributed by atoms with E-state index in [1.54, 1.807) is 11.8 Å². The topological polar surface area (TPSA) is 24.9 Å². The van der Waals surface area contributed by atoms with Gasteiger partial charge in [0.1, 0.15) is 5.03 Å². The minimum absolute atomic E-state index is 0.940. The lowest BCUT2D eigenvalue weighted by atomic mass is 10.1. The van der Waals surface area contributed by atoms with Crippen molar-refractivity contribution < 1.29 is 0 Å². The highest BCUT2D eigenvalue weighted by Gasteiger charge is 2.04. The minimum atomic E-state index is 0.940. The maximum absolute atomic E-state index is 4.58. The summed E-state index contributed by atoms with van der Waals surface area (Å²) in [7, 11) is 0. The Bertz CT molecular complexity index is 573. The lowest BCUT2D eigenvalue weighted by molar-refractivity contribution is 0.723. The fraction of sp³-hybridized carbons (Fsp3) is 0.353. The summed E-state index contributed by atoms with van der Waals surface area (Å²) in [6.45, 7) is 10.4. The number of rotatable bonds is 5. The molecule has 0 aliphatic heterocycles. The number of aromatic nitrogens is 1. The molecule has 0 radical (unpaired) electrons. The van der Waals surface area contributed by atoms with Crippen LogP contribution < -0.4 is 5.32 Å². The summed E-state index contributed by atoms with van der Waals surface area (Å²) in [6.07, 6.45) is 0. The van der Waals surface area contributed by atoms with Gasteiger partial charge in [0.2, 0.25) is 0 Å².